The van der Waals surface area contributed by atoms with Gasteiger partial charge in [0.1, 0.15) is 5.60 Å². The van der Waals surface area contributed by atoms with Crippen LogP contribution in [0.4, 0.5) is 4.79 Å². The van der Waals surface area contributed by atoms with Crippen LogP contribution in [-0.2, 0) is 14.2 Å². The molecule has 0 aromatic rings. The van der Waals surface area contributed by atoms with E-state index in [1.165, 1.54) is 4.90 Å². The minimum atomic E-state index is -2.45. The van der Waals surface area contributed by atoms with Crippen molar-refractivity contribution in [2.75, 3.05) is 33.3 Å². The zero-order valence-electron chi connectivity index (χ0n) is 13.0. The molecule has 0 bridgehead atoms. The number of carbonyl (C=O) groups is 1. The molecule has 0 aromatic carbocycles. The standard InChI is InChI=1S/C11H21NO4/c1-11(2,3)16-10(13)12-5-6-15-9(7-12)8-14-4/h9H,5-8H2,1-4H3/t9-/m1/s1/i4D3. The van der Waals surface area contributed by atoms with Gasteiger partial charge in [-0.1, -0.05) is 0 Å². The molecule has 0 N–H and O–H groups in total. The maximum atomic E-state index is 11.9. The summed E-state index contributed by atoms with van der Waals surface area (Å²) in [5.41, 5.74) is -0.555. The third-order valence-electron chi connectivity index (χ3n) is 2.06. The summed E-state index contributed by atoms with van der Waals surface area (Å²) in [4.78, 5) is 13.4. The summed E-state index contributed by atoms with van der Waals surface area (Å²) >= 11 is 0. The van der Waals surface area contributed by atoms with Gasteiger partial charge < -0.3 is 19.1 Å². The van der Waals surface area contributed by atoms with Crippen LogP contribution in [0.3, 0.4) is 0 Å². The van der Waals surface area contributed by atoms with Crippen molar-refractivity contribution in [1.82, 2.24) is 4.90 Å². The van der Waals surface area contributed by atoms with Crippen LogP contribution in [0.15, 0.2) is 0 Å². The van der Waals surface area contributed by atoms with Crippen molar-refractivity contribution >= 4 is 6.09 Å². The molecule has 1 saturated heterocycles. The molecule has 1 rings (SSSR count). The summed E-state index contributed by atoms with van der Waals surface area (Å²) in [6.07, 6.45) is -0.864. The predicted octanol–water partition coefficient (Wildman–Crippen LogP) is 1.27. The van der Waals surface area contributed by atoms with E-state index in [1.807, 2.05) is 0 Å². The van der Waals surface area contributed by atoms with Crippen LogP contribution in [0.2, 0.25) is 0 Å². The SMILES string of the molecule is [2H]C([2H])([2H])OC[C@H]1CN(C(=O)OC(C)(C)C)CCO1. The number of hydrogen-bond donors (Lipinski definition) is 0. The molecule has 0 radical (unpaired) electrons. The Labute approximate surface area is 101 Å². The van der Waals surface area contributed by atoms with Gasteiger partial charge in [0, 0.05) is 13.6 Å². The molecule has 0 aliphatic carbocycles. The molecule has 1 amide bonds. The first-order valence-electron chi connectivity index (χ1n) is 6.80. The zero-order valence-corrected chi connectivity index (χ0v) is 9.99. The lowest BCUT2D eigenvalue weighted by Gasteiger charge is -2.33. The number of ether oxygens (including phenoxy) is 3. The van der Waals surface area contributed by atoms with Gasteiger partial charge in [-0.25, -0.2) is 4.79 Å². The van der Waals surface area contributed by atoms with Crippen LogP contribution < -0.4 is 0 Å². The highest BCUT2D eigenvalue weighted by atomic mass is 16.6. The summed E-state index contributed by atoms with van der Waals surface area (Å²) in [5.74, 6) is 0. The van der Waals surface area contributed by atoms with E-state index < -0.39 is 24.8 Å². The Morgan fingerprint density at radius 1 is 1.62 bits per heavy atom. The minimum Gasteiger partial charge on any atom is -0.444 e. The second kappa shape index (κ2) is 5.50. The number of morpholine rings is 1. The lowest BCUT2D eigenvalue weighted by atomic mass is 10.2. The molecular weight excluding hydrogens is 210 g/mol. The molecule has 5 heteroatoms. The number of amides is 1. The largest absolute Gasteiger partial charge is 0.444 e. The van der Waals surface area contributed by atoms with Crippen molar-refractivity contribution in [1.29, 1.82) is 0 Å². The number of methoxy groups -OCH3 is 1. The van der Waals surface area contributed by atoms with Gasteiger partial charge in [0.25, 0.3) is 0 Å². The summed E-state index contributed by atoms with van der Waals surface area (Å²) in [6.45, 7) is 6.34. The topological polar surface area (TPSA) is 48.0 Å². The van der Waals surface area contributed by atoms with E-state index in [0.29, 0.717) is 13.2 Å². The second-order valence-electron chi connectivity index (χ2n) is 4.73. The van der Waals surface area contributed by atoms with Crippen LogP contribution in [0.1, 0.15) is 24.9 Å². The molecule has 0 unspecified atom stereocenters. The average molecular weight is 234 g/mol. The number of hydrogen-bond acceptors (Lipinski definition) is 4. The van der Waals surface area contributed by atoms with Crippen molar-refractivity contribution in [2.45, 2.75) is 32.5 Å². The monoisotopic (exact) mass is 234 g/mol. The van der Waals surface area contributed by atoms with Gasteiger partial charge in [0.2, 0.25) is 0 Å². The Morgan fingerprint density at radius 3 is 3.00 bits per heavy atom. The summed E-state index contributed by atoms with van der Waals surface area (Å²) in [6, 6.07) is 0. The van der Waals surface area contributed by atoms with Crippen LogP contribution in [0.25, 0.3) is 0 Å². The van der Waals surface area contributed by atoms with Crippen molar-refractivity contribution in [3.05, 3.63) is 0 Å². The molecule has 94 valence electrons. The molecule has 16 heavy (non-hydrogen) atoms. The molecule has 1 fully saturated rings. The highest BCUT2D eigenvalue weighted by Gasteiger charge is 2.27. The molecular formula is C11H21NO4. The van der Waals surface area contributed by atoms with Gasteiger partial charge in [-0.05, 0) is 20.8 Å². The van der Waals surface area contributed by atoms with Crippen LogP contribution in [0.5, 0.6) is 0 Å². The normalized spacial score (nSPS) is 25.6. The first-order chi connectivity index (χ1) is 8.57. The van der Waals surface area contributed by atoms with Gasteiger partial charge >= 0.3 is 6.09 Å². The Balaban J connectivity index is 2.44. The lowest BCUT2D eigenvalue weighted by molar-refractivity contribution is -0.0658. The van der Waals surface area contributed by atoms with Crippen LogP contribution in [0, 0.1) is 0 Å². The summed E-state index contributed by atoms with van der Waals surface area (Å²) < 4.78 is 36.2. The molecule has 1 heterocycles. The summed E-state index contributed by atoms with van der Waals surface area (Å²) in [5, 5.41) is 0. The lowest BCUT2D eigenvalue weighted by Crippen LogP contribution is -2.48. The van der Waals surface area contributed by atoms with E-state index >= 15 is 0 Å². The Bertz CT molecular complexity index is 314. The van der Waals surface area contributed by atoms with Gasteiger partial charge in [0.15, 0.2) is 0 Å². The fourth-order valence-corrected chi connectivity index (χ4v) is 1.41. The molecule has 0 spiro atoms. The van der Waals surface area contributed by atoms with Crippen molar-refractivity contribution < 1.29 is 23.1 Å². The number of carbonyl (C=O) groups excluding carboxylic acids is 1. The van der Waals surface area contributed by atoms with Gasteiger partial charge in [-0.15, -0.1) is 0 Å². The van der Waals surface area contributed by atoms with E-state index in [4.69, 9.17) is 18.3 Å². The highest BCUT2D eigenvalue weighted by Crippen LogP contribution is 2.13. The first-order valence-corrected chi connectivity index (χ1v) is 5.30. The van der Waals surface area contributed by atoms with E-state index in [0.717, 1.165) is 0 Å². The fraction of sp³-hybridized carbons (Fsp3) is 0.909. The van der Waals surface area contributed by atoms with Gasteiger partial charge in [-0.2, -0.15) is 0 Å². The predicted molar refractivity (Wildman–Crippen MR) is 59.4 cm³/mol. The second-order valence-corrected chi connectivity index (χ2v) is 4.73. The molecule has 1 atom stereocenters. The van der Waals surface area contributed by atoms with Gasteiger partial charge in [-0.3, -0.25) is 0 Å². The zero-order chi connectivity index (χ0) is 14.7. The molecule has 0 aromatic heterocycles. The number of nitrogens with zero attached hydrogens (tertiary/aromatic N) is 1. The smallest absolute Gasteiger partial charge is 0.410 e. The van der Waals surface area contributed by atoms with Crippen molar-refractivity contribution in [3.63, 3.8) is 0 Å². The van der Waals surface area contributed by atoms with E-state index in [9.17, 15) is 4.79 Å². The number of rotatable bonds is 2. The maximum Gasteiger partial charge on any atom is 0.410 e. The molecule has 5 nitrogen and oxygen atoms in total. The third kappa shape index (κ3) is 4.37. The van der Waals surface area contributed by atoms with Crippen molar-refractivity contribution in [2.24, 2.45) is 0 Å². The molecule has 1 aliphatic rings. The third-order valence-corrected chi connectivity index (χ3v) is 2.06. The Hall–Kier alpha value is -0.810. The Kier molecular flexibility index (Phi) is 3.18. The molecule has 1 aliphatic heterocycles. The van der Waals surface area contributed by atoms with Crippen molar-refractivity contribution in [3.8, 4) is 0 Å². The Morgan fingerprint density at radius 2 is 2.38 bits per heavy atom. The summed E-state index contributed by atoms with van der Waals surface area (Å²) in [7, 11) is -2.45. The highest BCUT2D eigenvalue weighted by molar-refractivity contribution is 5.68. The van der Waals surface area contributed by atoms with Crippen LogP contribution in [-0.4, -0.2) is 56.0 Å². The van der Waals surface area contributed by atoms with E-state index in [1.54, 1.807) is 20.8 Å². The van der Waals surface area contributed by atoms with E-state index in [2.05, 4.69) is 0 Å². The molecule has 0 saturated carbocycles. The van der Waals surface area contributed by atoms with E-state index in [-0.39, 0.29) is 13.2 Å². The quantitative estimate of drug-likeness (QED) is 0.722. The first kappa shape index (κ1) is 9.24. The fourth-order valence-electron chi connectivity index (χ4n) is 1.41. The average Bonchev–Trinajstić information content (AvgIpc) is 2.23. The maximum absolute atomic E-state index is 11.9. The van der Waals surface area contributed by atoms with Crippen LogP contribution >= 0.6 is 0 Å². The minimum absolute atomic E-state index is 0.0736. The van der Waals surface area contributed by atoms with Gasteiger partial charge in [0.05, 0.1) is 30.0 Å².